The quantitative estimate of drug-likeness (QED) is 0.540. The van der Waals surface area contributed by atoms with Crippen molar-refractivity contribution in [2.75, 3.05) is 4.90 Å². The average Bonchev–Trinajstić information content (AvgIpc) is 2.72. The summed E-state index contributed by atoms with van der Waals surface area (Å²) >= 11 is 0. The van der Waals surface area contributed by atoms with Crippen molar-refractivity contribution in [3.63, 3.8) is 0 Å². The second-order valence-corrected chi connectivity index (χ2v) is 7.80. The van der Waals surface area contributed by atoms with Crippen molar-refractivity contribution in [1.29, 1.82) is 0 Å². The van der Waals surface area contributed by atoms with Crippen molar-refractivity contribution in [1.82, 2.24) is 0 Å². The third kappa shape index (κ3) is 4.20. The average molecular weight is 371 g/mol. The number of rotatable bonds is 5. The fourth-order valence-electron chi connectivity index (χ4n) is 3.15. The molecule has 0 saturated heterocycles. The lowest BCUT2D eigenvalue weighted by Crippen LogP contribution is -2.45. The van der Waals surface area contributed by atoms with Crippen molar-refractivity contribution in [2.24, 2.45) is 5.41 Å². The standard InChI is InChI=1S/C25H25NO2/c1-25(2,3)24(28)26(21-17-11-6-12-18-21)22(19-13-7-4-8-14-19)23(27)20-15-9-5-10-16-20/h4-18,22H,1-3H3. The van der Waals surface area contributed by atoms with Gasteiger partial charge in [0.15, 0.2) is 5.78 Å². The molecule has 3 aromatic carbocycles. The van der Waals surface area contributed by atoms with Gasteiger partial charge in [-0.1, -0.05) is 99.6 Å². The molecular weight excluding hydrogens is 346 g/mol. The van der Waals surface area contributed by atoms with Gasteiger partial charge in [-0.05, 0) is 17.7 Å². The third-order valence-electron chi connectivity index (χ3n) is 4.57. The zero-order valence-corrected chi connectivity index (χ0v) is 16.5. The van der Waals surface area contributed by atoms with Crippen molar-refractivity contribution >= 4 is 17.4 Å². The minimum atomic E-state index is -0.738. The van der Waals surface area contributed by atoms with E-state index in [4.69, 9.17) is 0 Å². The van der Waals surface area contributed by atoms with Crippen LogP contribution in [0.3, 0.4) is 0 Å². The molecule has 0 fully saturated rings. The Balaban J connectivity index is 2.20. The summed E-state index contributed by atoms with van der Waals surface area (Å²) in [4.78, 5) is 28.7. The van der Waals surface area contributed by atoms with Crippen LogP contribution in [0, 0.1) is 5.41 Å². The molecule has 0 heterocycles. The predicted molar refractivity (Wildman–Crippen MR) is 113 cm³/mol. The maximum atomic E-state index is 13.6. The minimum Gasteiger partial charge on any atom is -0.297 e. The summed E-state index contributed by atoms with van der Waals surface area (Å²) < 4.78 is 0. The Labute approximate surface area is 166 Å². The molecule has 0 saturated carbocycles. The van der Waals surface area contributed by atoms with Crippen LogP contribution < -0.4 is 4.90 Å². The number of para-hydroxylation sites is 1. The molecule has 0 radical (unpaired) electrons. The number of carbonyl (C=O) groups excluding carboxylic acids is 2. The summed E-state index contributed by atoms with van der Waals surface area (Å²) in [6.07, 6.45) is 0. The van der Waals surface area contributed by atoms with E-state index in [0.29, 0.717) is 11.3 Å². The topological polar surface area (TPSA) is 37.4 Å². The van der Waals surface area contributed by atoms with E-state index in [2.05, 4.69) is 0 Å². The zero-order valence-electron chi connectivity index (χ0n) is 16.5. The number of ketones is 1. The Morgan fingerprint density at radius 1 is 0.714 bits per heavy atom. The molecule has 0 aliphatic heterocycles. The molecule has 3 heteroatoms. The molecule has 1 atom stereocenters. The molecule has 3 nitrogen and oxygen atoms in total. The van der Waals surface area contributed by atoms with Gasteiger partial charge in [-0.3, -0.25) is 14.5 Å². The van der Waals surface area contributed by atoms with Gasteiger partial charge in [0.05, 0.1) is 0 Å². The second-order valence-electron chi connectivity index (χ2n) is 7.80. The van der Waals surface area contributed by atoms with E-state index < -0.39 is 11.5 Å². The number of amides is 1. The molecule has 142 valence electrons. The van der Waals surface area contributed by atoms with E-state index in [1.165, 1.54) is 0 Å². The molecule has 28 heavy (non-hydrogen) atoms. The normalized spacial score (nSPS) is 12.2. The summed E-state index contributed by atoms with van der Waals surface area (Å²) in [5.41, 5.74) is 1.44. The highest BCUT2D eigenvalue weighted by Crippen LogP contribution is 2.34. The number of carbonyl (C=O) groups is 2. The summed E-state index contributed by atoms with van der Waals surface area (Å²) in [5, 5.41) is 0. The summed E-state index contributed by atoms with van der Waals surface area (Å²) in [6, 6.07) is 27.3. The van der Waals surface area contributed by atoms with Gasteiger partial charge in [-0.25, -0.2) is 0 Å². The van der Waals surface area contributed by atoms with Crippen LogP contribution in [-0.2, 0) is 4.79 Å². The Morgan fingerprint density at radius 2 is 1.18 bits per heavy atom. The van der Waals surface area contributed by atoms with Crippen LogP contribution in [0.1, 0.15) is 42.7 Å². The van der Waals surface area contributed by atoms with Crippen molar-refractivity contribution in [2.45, 2.75) is 26.8 Å². The van der Waals surface area contributed by atoms with Crippen LogP contribution in [-0.4, -0.2) is 11.7 Å². The molecule has 0 spiro atoms. The number of benzene rings is 3. The summed E-state index contributed by atoms with van der Waals surface area (Å²) in [7, 11) is 0. The van der Waals surface area contributed by atoms with Gasteiger partial charge >= 0.3 is 0 Å². The van der Waals surface area contributed by atoms with E-state index in [9.17, 15) is 9.59 Å². The molecular formula is C25H25NO2. The van der Waals surface area contributed by atoms with Gasteiger partial charge in [0, 0.05) is 16.7 Å². The molecule has 0 aromatic heterocycles. The Bertz CT molecular complexity index is 929. The van der Waals surface area contributed by atoms with Crippen LogP contribution in [0.2, 0.25) is 0 Å². The fourth-order valence-corrected chi connectivity index (χ4v) is 3.15. The highest BCUT2D eigenvalue weighted by Gasteiger charge is 2.37. The highest BCUT2D eigenvalue weighted by atomic mass is 16.2. The van der Waals surface area contributed by atoms with Gasteiger partial charge < -0.3 is 0 Å². The van der Waals surface area contributed by atoms with Crippen LogP contribution in [0.25, 0.3) is 0 Å². The maximum absolute atomic E-state index is 13.6. The van der Waals surface area contributed by atoms with Gasteiger partial charge in [-0.2, -0.15) is 0 Å². The first-order valence-corrected chi connectivity index (χ1v) is 9.42. The number of nitrogens with zero attached hydrogens (tertiary/aromatic N) is 1. The molecule has 0 bridgehead atoms. The second kappa shape index (κ2) is 8.22. The first kappa shape index (κ1) is 19.6. The molecule has 3 aromatic rings. The third-order valence-corrected chi connectivity index (χ3v) is 4.57. The molecule has 1 unspecified atom stereocenters. The van der Waals surface area contributed by atoms with Gasteiger partial charge in [-0.15, -0.1) is 0 Å². The maximum Gasteiger partial charge on any atom is 0.233 e. The van der Waals surface area contributed by atoms with E-state index in [-0.39, 0.29) is 11.7 Å². The van der Waals surface area contributed by atoms with E-state index in [1.807, 2.05) is 99.6 Å². The Morgan fingerprint density at radius 3 is 1.68 bits per heavy atom. The number of anilines is 1. The monoisotopic (exact) mass is 371 g/mol. The van der Waals surface area contributed by atoms with Gasteiger partial charge in [0.2, 0.25) is 5.91 Å². The van der Waals surface area contributed by atoms with E-state index in [0.717, 1.165) is 5.56 Å². The lowest BCUT2D eigenvalue weighted by Gasteiger charge is -2.35. The lowest BCUT2D eigenvalue weighted by atomic mass is 9.89. The number of hydrogen-bond donors (Lipinski definition) is 0. The van der Waals surface area contributed by atoms with Crippen molar-refractivity contribution in [3.8, 4) is 0 Å². The first-order valence-electron chi connectivity index (χ1n) is 9.42. The zero-order chi connectivity index (χ0) is 20.1. The van der Waals surface area contributed by atoms with Gasteiger partial charge in [0.25, 0.3) is 0 Å². The number of hydrogen-bond acceptors (Lipinski definition) is 2. The molecule has 1 amide bonds. The van der Waals surface area contributed by atoms with E-state index in [1.54, 1.807) is 17.0 Å². The van der Waals surface area contributed by atoms with E-state index >= 15 is 0 Å². The minimum absolute atomic E-state index is 0.100. The van der Waals surface area contributed by atoms with Crippen LogP contribution in [0.15, 0.2) is 91.0 Å². The number of Topliss-reactive ketones (excluding diaryl/α,β-unsaturated/α-hetero) is 1. The highest BCUT2D eigenvalue weighted by molar-refractivity contribution is 6.09. The molecule has 0 aliphatic rings. The Kier molecular flexibility index (Phi) is 5.74. The van der Waals surface area contributed by atoms with Gasteiger partial charge in [0.1, 0.15) is 6.04 Å². The van der Waals surface area contributed by atoms with Crippen LogP contribution in [0.4, 0.5) is 5.69 Å². The van der Waals surface area contributed by atoms with Crippen molar-refractivity contribution < 1.29 is 9.59 Å². The molecule has 0 N–H and O–H groups in total. The predicted octanol–water partition coefficient (Wildman–Crippen LogP) is 5.69. The van der Waals surface area contributed by atoms with Crippen LogP contribution in [0.5, 0.6) is 0 Å². The smallest absolute Gasteiger partial charge is 0.233 e. The summed E-state index contributed by atoms with van der Waals surface area (Å²) in [5.74, 6) is -0.204. The lowest BCUT2D eigenvalue weighted by molar-refractivity contribution is -0.126. The first-order chi connectivity index (χ1) is 13.4. The summed E-state index contributed by atoms with van der Waals surface area (Å²) in [6.45, 7) is 5.63. The Hall–Kier alpha value is -3.20. The fraction of sp³-hybridized carbons (Fsp3) is 0.200. The largest absolute Gasteiger partial charge is 0.297 e. The van der Waals surface area contributed by atoms with Crippen molar-refractivity contribution in [3.05, 3.63) is 102 Å². The van der Waals surface area contributed by atoms with Crippen LogP contribution >= 0.6 is 0 Å². The SMILES string of the molecule is CC(C)(C)C(=O)N(c1ccccc1)C(C(=O)c1ccccc1)c1ccccc1. The molecule has 3 rings (SSSR count). The molecule has 0 aliphatic carbocycles.